The molecule has 1 unspecified atom stereocenters. The highest BCUT2D eigenvalue weighted by Crippen LogP contribution is 2.49. The van der Waals surface area contributed by atoms with E-state index in [1.807, 2.05) is 0 Å². The lowest BCUT2D eigenvalue weighted by Gasteiger charge is -2.40. The predicted molar refractivity (Wildman–Crippen MR) is 87.6 cm³/mol. The van der Waals surface area contributed by atoms with Crippen molar-refractivity contribution in [2.24, 2.45) is 0 Å². The van der Waals surface area contributed by atoms with Crippen LogP contribution < -0.4 is 20.1 Å². The van der Waals surface area contributed by atoms with Gasteiger partial charge in [-0.2, -0.15) is 13.2 Å². The molecule has 1 heterocycles. The third-order valence-corrected chi connectivity index (χ3v) is 4.18. The van der Waals surface area contributed by atoms with E-state index in [1.165, 1.54) is 26.4 Å². The molecule has 6 nitrogen and oxygen atoms in total. The summed E-state index contributed by atoms with van der Waals surface area (Å²) in [4.78, 5) is 12.6. The second-order valence-electron chi connectivity index (χ2n) is 5.60. The lowest BCUT2D eigenvalue weighted by atomic mass is 9.85. The molecule has 0 aliphatic carbocycles. The number of carbonyl (C=O) groups excluding carboxylic acids is 1. The second kappa shape index (κ2) is 6.01. The highest BCUT2D eigenvalue weighted by Gasteiger charge is 2.63. The average Bonchev–Trinajstić information content (AvgIpc) is 2.60. The number of nitrogens with one attached hydrogen (secondary N) is 2. The van der Waals surface area contributed by atoms with E-state index in [0.29, 0.717) is 0 Å². The summed E-state index contributed by atoms with van der Waals surface area (Å²) in [6.45, 7) is 0. The van der Waals surface area contributed by atoms with Crippen molar-refractivity contribution < 1.29 is 32.5 Å². The molecule has 138 valence electrons. The highest BCUT2D eigenvalue weighted by molar-refractivity contribution is 6.07. The molecule has 1 amide bonds. The molecule has 1 aliphatic rings. The van der Waals surface area contributed by atoms with E-state index in [4.69, 9.17) is 9.47 Å². The zero-order valence-corrected chi connectivity index (χ0v) is 13.8. The molecular weight excluding hydrogens is 353 g/mol. The maximum absolute atomic E-state index is 14.1. The Balaban J connectivity index is 2.28. The SMILES string of the molecule is COc1cc(C2(C(F)(F)F)Nc3ccccc3NC2=O)cc(OC)c1O. The summed E-state index contributed by atoms with van der Waals surface area (Å²) in [5, 5.41) is 14.6. The van der Waals surface area contributed by atoms with Crippen molar-refractivity contribution in [2.45, 2.75) is 11.7 Å². The zero-order chi connectivity index (χ0) is 19.1. The molecular formula is C17H15F3N2O4. The third kappa shape index (κ3) is 2.47. The monoisotopic (exact) mass is 368 g/mol. The number of phenolic OH excluding ortho intramolecular Hbond substituents is 1. The van der Waals surface area contributed by atoms with Crippen molar-refractivity contribution in [2.75, 3.05) is 24.9 Å². The number of alkyl halides is 3. The van der Waals surface area contributed by atoms with Crippen LogP contribution in [0.15, 0.2) is 36.4 Å². The van der Waals surface area contributed by atoms with Crippen molar-refractivity contribution in [3.63, 3.8) is 0 Å². The predicted octanol–water partition coefficient (Wildman–Crippen LogP) is 3.23. The Labute approximate surface area is 146 Å². The molecule has 0 spiro atoms. The van der Waals surface area contributed by atoms with Gasteiger partial charge in [-0.25, -0.2) is 0 Å². The van der Waals surface area contributed by atoms with Crippen molar-refractivity contribution >= 4 is 17.3 Å². The first kappa shape index (κ1) is 17.7. The Morgan fingerprint density at radius 3 is 2.08 bits per heavy atom. The molecule has 0 aromatic heterocycles. The number of hydrogen-bond acceptors (Lipinski definition) is 5. The number of phenols is 1. The van der Waals surface area contributed by atoms with Crippen LogP contribution in [-0.4, -0.2) is 31.4 Å². The van der Waals surface area contributed by atoms with E-state index in [9.17, 15) is 23.1 Å². The normalized spacial score (nSPS) is 19.2. The summed E-state index contributed by atoms with van der Waals surface area (Å²) in [6.07, 6.45) is -5.00. The Bertz CT molecular complexity index is 844. The van der Waals surface area contributed by atoms with Gasteiger partial charge in [0.15, 0.2) is 11.5 Å². The van der Waals surface area contributed by atoms with Crippen molar-refractivity contribution in [1.82, 2.24) is 0 Å². The van der Waals surface area contributed by atoms with Gasteiger partial charge in [-0.1, -0.05) is 12.1 Å². The van der Waals surface area contributed by atoms with Gasteiger partial charge in [0.2, 0.25) is 11.3 Å². The van der Waals surface area contributed by atoms with Crippen LogP contribution in [0.1, 0.15) is 5.56 Å². The topological polar surface area (TPSA) is 79.8 Å². The minimum absolute atomic E-state index is 0.107. The smallest absolute Gasteiger partial charge is 0.424 e. The van der Waals surface area contributed by atoms with E-state index in [0.717, 1.165) is 12.1 Å². The fraction of sp³-hybridized carbons (Fsp3) is 0.235. The minimum atomic E-state index is -5.00. The highest BCUT2D eigenvalue weighted by atomic mass is 19.4. The maximum atomic E-state index is 14.1. The van der Waals surface area contributed by atoms with Crippen LogP contribution >= 0.6 is 0 Å². The van der Waals surface area contributed by atoms with Crippen LogP contribution in [0.2, 0.25) is 0 Å². The van der Waals surface area contributed by atoms with Crippen LogP contribution in [-0.2, 0) is 10.3 Å². The summed E-state index contributed by atoms with van der Waals surface area (Å²) in [7, 11) is 2.37. The molecule has 0 bridgehead atoms. The minimum Gasteiger partial charge on any atom is -0.502 e. The first-order valence-electron chi connectivity index (χ1n) is 7.45. The molecule has 0 saturated carbocycles. The molecule has 1 atom stereocenters. The van der Waals surface area contributed by atoms with Gasteiger partial charge in [0.25, 0.3) is 5.91 Å². The molecule has 2 aromatic carbocycles. The number of anilines is 2. The number of rotatable bonds is 3. The number of carbonyl (C=O) groups is 1. The number of hydrogen-bond donors (Lipinski definition) is 3. The number of ether oxygens (including phenoxy) is 2. The molecule has 0 saturated heterocycles. The summed E-state index contributed by atoms with van der Waals surface area (Å²) < 4.78 is 52.2. The standard InChI is InChI=1S/C17H15F3N2O4/c1-25-12-7-9(8-13(26-2)14(12)23)16(17(18,19)20)15(24)21-10-5-3-4-6-11(10)22-16/h3-8,22-23H,1-2H3,(H,21,24). The van der Waals surface area contributed by atoms with Crippen molar-refractivity contribution in [3.05, 3.63) is 42.0 Å². The largest absolute Gasteiger partial charge is 0.502 e. The molecule has 1 aliphatic heterocycles. The lowest BCUT2D eigenvalue weighted by Crippen LogP contribution is -2.59. The van der Waals surface area contributed by atoms with E-state index >= 15 is 0 Å². The van der Waals surface area contributed by atoms with Gasteiger partial charge >= 0.3 is 6.18 Å². The van der Waals surface area contributed by atoms with Gasteiger partial charge < -0.3 is 25.2 Å². The van der Waals surface area contributed by atoms with Crippen LogP contribution in [0.25, 0.3) is 0 Å². The second-order valence-corrected chi connectivity index (χ2v) is 5.60. The number of para-hydroxylation sites is 2. The fourth-order valence-corrected chi connectivity index (χ4v) is 2.85. The van der Waals surface area contributed by atoms with Crippen LogP contribution in [0.5, 0.6) is 17.2 Å². The lowest BCUT2D eigenvalue weighted by molar-refractivity contribution is -0.186. The average molecular weight is 368 g/mol. The summed E-state index contributed by atoms with van der Waals surface area (Å²) in [5.74, 6) is -2.28. The van der Waals surface area contributed by atoms with Gasteiger partial charge in [0.05, 0.1) is 25.6 Å². The van der Waals surface area contributed by atoms with E-state index in [2.05, 4.69) is 10.6 Å². The number of benzene rings is 2. The Morgan fingerprint density at radius 2 is 1.58 bits per heavy atom. The Hall–Kier alpha value is -3.10. The zero-order valence-electron chi connectivity index (χ0n) is 13.8. The van der Waals surface area contributed by atoms with Gasteiger partial charge in [-0.15, -0.1) is 0 Å². The van der Waals surface area contributed by atoms with Gasteiger partial charge in [-0.05, 0) is 24.3 Å². The number of methoxy groups -OCH3 is 2. The Kier molecular flexibility index (Phi) is 4.09. The molecule has 26 heavy (non-hydrogen) atoms. The van der Waals surface area contributed by atoms with Crippen LogP contribution in [0, 0.1) is 0 Å². The van der Waals surface area contributed by atoms with E-state index < -0.39 is 28.9 Å². The number of halogens is 3. The molecule has 0 radical (unpaired) electrons. The molecule has 9 heteroatoms. The van der Waals surface area contributed by atoms with Crippen molar-refractivity contribution in [1.29, 1.82) is 0 Å². The number of aromatic hydroxyl groups is 1. The van der Waals surface area contributed by atoms with Crippen LogP contribution in [0.3, 0.4) is 0 Å². The summed E-state index contributed by atoms with van der Waals surface area (Å²) >= 11 is 0. The van der Waals surface area contributed by atoms with Gasteiger partial charge in [0.1, 0.15) is 0 Å². The first-order chi connectivity index (χ1) is 12.2. The Morgan fingerprint density at radius 1 is 1.04 bits per heavy atom. The first-order valence-corrected chi connectivity index (χ1v) is 7.45. The van der Waals surface area contributed by atoms with Crippen molar-refractivity contribution in [3.8, 4) is 17.2 Å². The molecule has 3 rings (SSSR count). The third-order valence-electron chi connectivity index (χ3n) is 4.18. The summed E-state index contributed by atoms with van der Waals surface area (Å²) in [6, 6.07) is 7.94. The van der Waals surface area contributed by atoms with E-state index in [1.54, 1.807) is 12.1 Å². The van der Waals surface area contributed by atoms with Gasteiger partial charge in [0, 0.05) is 5.56 Å². The number of amides is 1. The quantitative estimate of drug-likeness (QED) is 0.775. The van der Waals surface area contributed by atoms with E-state index in [-0.39, 0.29) is 22.9 Å². The fourth-order valence-electron chi connectivity index (χ4n) is 2.85. The molecule has 2 aromatic rings. The molecule has 3 N–H and O–H groups in total. The maximum Gasteiger partial charge on any atom is 0.424 e. The van der Waals surface area contributed by atoms with Gasteiger partial charge in [-0.3, -0.25) is 4.79 Å². The van der Waals surface area contributed by atoms with Crippen LogP contribution in [0.4, 0.5) is 24.5 Å². The molecule has 0 fully saturated rings. The summed E-state index contributed by atoms with van der Waals surface area (Å²) in [5.41, 5.74) is -3.23. The number of fused-ring (bicyclic) bond motifs is 1.